The van der Waals surface area contributed by atoms with Crippen LogP contribution in [0.3, 0.4) is 0 Å². The fourth-order valence-electron chi connectivity index (χ4n) is 3.67. The van der Waals surface area contributed by atoms with E-state index in [1.165, 1.54) is 0 Å². The van der Waals surface area contributed by atoms with Crippen LogP contribution in [0, 0.1) is 6.92 Å². The lowest BCUT2D eigenvalue weighted by Gasteiger charge is -2.20. The molecule has 1 N–H and O–H groups in total. The average molecular weight is 513 g/mol. The van der Waals surface area contributed by atoms with Gasteiger partial charge in [-0.3, -0.25) is 0 Å². The average Bonchev–Trinajstić information content (AvgIpc) is 3.29. The van der Waals surface area contributed by atoms with Crippen LogP contribution in [0.5, 0.6) is 5.75 Å². The quantitative estimate of drug-likeness (QED) is 0.303. The zero-order valence-corrected chi connectivity index (χ0v) is 20.7. The maximum Gasteiger partial charge on any atom is 0.411 e. The number of methoxy groups -OCH3 is 1. The molecule has 194 valence electrons. The Balaban J connectivity index is 1.60. The number of halogens is 3. The Morgan fingerprint density at radius 1 is 1.05 bits per heavy atom. The SMILES string of the molecule is COc1cc(Nc2nc(COCC(F)(F)F)cc(N(C)Cc3ccccc3)n2)ccc1-n1cnc(C)c1. The highest BCUT2D eigenvalue weighted by molar-refractivity contribution is 5.62. The first-order valence-corrected chi connectivity index (χ1v) is 11.4. The maximum atomic E-state index is 12.6. The van der Waals surface area contributed by atoms with Gasteiger partial charge in [-0.1, -0.05) is 30.3 Å². The minimum absolute atomic E-state index is 0.219. The Hall–Kier alpha value is -4.12. The van der Waals surface area contributed by atoms with Crippen molar-refractivity contribution in [3.05, 3.63) is 84.1 Å². The summed E-state index contributed by atoms with van der Waals surface area (Å²) < 4.78 is 50.1. The van der Waals surface area contributed by atoms with Gasteiger partial charge in [0.15, 0.2) is 0 Å². The highest BCUT2D eigenvalue weighted by Gasteiger charge is 2.27. The molecule has 0 unspecified atom stereocenters. The number of nitrogens with zero attached hydrogens (tertiary/aromatic N) is 5. The number of ether oxygens (including phenoxy) is 2. The number of hydrogen-bond donors (Lipinski definition) is 1. The molecular formula is C26H27F3N6O2. The van der Waals surface area contributed by atoms with Gasteiger partial charge >= 0.3 is 6.18 Å². The fraction of sp³-hybridized carbons (Fsp3) is 0.269. The summed E-state index contributed by atoms with van der Waals surface area (Å²) in [4.78, 5) is 15.1. The molecule has 0 atom stereocenters. The van der Waals surface area contributed by atoms with Crippen molar-refractivity contribution in [1.29, 1.82) is 0 Å². The van der Waals surface area contributed by atoms with Crippen LogP contribution in [0.4, 0.5) is 30.6 Å². The zero-order chi connectivity index (χ0) is 26.4. The van der Waals surface area contributed by atoms with E-state index in [0.717, 1.165) is 16.9 Å². The van der Waals surface area contributed by atoms with Crippen LogP contribution in [-0.4, -0.2) is 46.5 Å². The van der Waals surface area contributed by atoms with Crippen molar-refractivity contribution in [2.75, 3.05) is 31.0 Å². The molecule has 0 saturated heterocycles. The molecule has 0 saturated carbocycles. The molecule has 0 aliphatic carbocycles. The number of nitrogens with one attached hydrogen (secondary N) is 1. The third kappa shape index (κ3) is 7.20. The number of rotatable bonds is 10. The van der Waals surface area contributed by atoms with Gasteiger partial charge in [-0.25, -0.2) is 9.97 Å². The number of hydrogen-bond acceptors (Lipinski definition) is 7. The highest BCUT2D eigenvalue weighted by atomic mass is 19.4. The summed E-state index contributed by atoms with van der Waals surface area (Å²) in [6, 6.07) is 16.9. The number of imidazole rings is 1. The Labute approximate surface area is 212 Å². The van der Waals surface area contributed by atoms with Crippen LogP contribution in [0.25, 0.3) is 5.69 Å². The van der Waals surface area contributed by atoms with Crippen LogP contribution < -0.4 is 15.0 Å². The number of aryl methyl sites for hydroxylation is 1. The largest absolute Gasteiger partial charge is 0.494 e. The van der Waals surface area contributed by atoms with Gasteiger partial charge in [0.05, 0.1) is 37.1 Å². The minimum Gasteiger partial charge on any atom is -0.494 e. The van der Waals surface area contributed by atoms with Crippen molar-refractivity contribution in [2.45, 2.75) is 26.3 Å². The normalized spacial score (nSPS) is 11.4. The van der Waals surface area contributed by atoms with Gasteiger partial charge in [0.1, 0.15) is 18.2 Å². The van der Waals surface area contributed by atoms with Crippen molar-refractivity contribution in [1.82, 2.24) is 19.5 Å². The summed E-state index contributed by atoms with van der Waals surface area (Å²) in [7, 11) is 3.42. The molecule has 0 aliphatic rings. The van der Waals surface area contributed by atoms with Crippen molar-refractivity contribution in [2.24, 2.45) is 0 Å². The first-order valence-electron chi connectivity index (χ1n) is 11.4. The van der Waals surface area contributed by atoms with Crippen LogP contribution in [0.2, 0.25) is 0 Å². The summed E-state index contributed by atoms with van der Waals surface area (Å²) in [5.74, 6) is 1.34. The van der Waals surface area contributed by atoms with Crippen molar-refractivity contribution >= 4 is 17.5 Å². The molecule has 0 amide bonds. The summed E-state index contributed by atoms with van der Waals surface area (Å²) in [6.45, 7) is 0.771. The van der Waals surface area contributed by atoms with E-state index < -0.39 is 12.8 Å². The summed E-state index contributed by atoms with van der Waals surface area (Å²) >= 11 is 0. The molecule has 0 radical (unpaired) electrons. The number of benzene rings is 2. The van der Waals surface area contributed by atoms with E-state index in [1.54, 1.807) is 25.6 Å². The monoisotopic (exact) mass is 512 g/mol. The van der Waals surface area contributed by atoms with E-state index in [2.05, 4.69) is 20.3 Å². The molecule has 0 bridgehead atoms. The molecule has 37 heavy (non-hydrogen) atoms. The Bertz CT molecular complexity index is 1330. The lowest BCUT2D eigenvalue weighted by atomic mass is 10.2. The summed E-state index contributed by atoms with van der Waals surface area (Å²) in [5.41, 5.74) is 3.68. The van der Waals surface area contributed by atoms with E-state index in [4.69, 9.17) is 9.47 Å². The third-order valence-corrected chi connectivity index (χ3v) is 5.36. The second kappa shape index (κ2) is 11.3. The van der Waals surface area contributed by atoms with Gasteiger partial charge in [0.25, 0.3) is 0 Å². The topological polar surface area (TPSA) is 77.3 Å². The van der Waals surface area contributed by atoms with Crippen LogP contribution in [-0.2, 0) is 17.9 Å². The van der Waals surface area contributed by atoms with Gasteiger partial charge in [0.2, 0.25) is 5.95 Å². The molecular weight excluding hydrogens is 485 g/mol. The van der Waals surface area contributed by atoms with Crippen molar-refractivity contribution < 1.29 is 22.6 Å². The molecule has 4 aromatic rings. The molecule has 2 aromatic heterocycles. The Morgan fingerprint density at radius 2 is 1.84 bits per heavy atom. The second-order valence-electron chi connectivity index (χ2n) is 8.42. The molecule has 0 fully saturated rings. The maximum absolute atomic E-state index is 12.6. The molecule has 2 heterocycles. The minimum atomic E-state index is -4.42. The third-order valence-electron chi connectivity index (χ3n) is 5.36. The van der Waals surface area contributed by atoms with Crippen molar-refractivity contribution in [3.8, 4) is 11.4 Å². The molecule has 0 spiro atoms. The number of anilines is 3. The first kappa shape index (κ1) is 26.0. The van der Waals surface area contributed by atoms with Gasteiger partial charge < -0.3 is 24.3 Å². The predicted octanol–water partition coefficient (Wildman–Crippen LogP) is 5.44. The molecule has 2 aromatic carbocycles. The van der Waals surface area contributed by atoms with E-state index in [-0.39, 0.29) is 12.6 Å². The van der Waals surface area contributed by atoms with Gasteiger partial charge in [0, 0.05) is 37.6 Å². The smallest absolute Gasteiger partial charge is 0.411 e. The van der Waals surface area contributed by atoms with E-state index in [0.29, 0.717) is 29.5 Å². The first-order chi connectivity index (χ1) is 17.7. The van der Waals surface area contributed by atoms with E-state index >= 15 is 0 Å². The molecule has 4 rings (SSSR count). The van der Waals surface area contributed by atoms with E-state index in [9.17, 15) is 13.2 Å². The molecule has 8 nitrogen and oxygen atoms in total. The van der Waals surface area contributed by atoms with E-state index in [1.807, 2.05) is 72.1 Å². The lowest BCUT2D eigenvalue weighted by Crippen LogP contribution is -2.20. The fourth-order valence-corrected chi connectivity index (χ4v) is 3.67. The number of alkyl halides is 3. The van der Waals surface area contributed by atoms with Crippen LogP contribution >= 0.6 is 0 Å². The lowest BCUT2D eigenvalue weighted by molar-refractivity contribution is -0.176. The van der Waals surface area contributed by atoms with Crippen molar-refractivity contribution in [3.63, 3.8) is 0 Å². The Kier molecular flexibility index (Phi) is 7.92. The highest BCUT2D eigenvalue weighted by Crippen LogP contribution is 2.29. The predicted molar refractivity (Wildman–Crippen MR) is 134 cm³/mol. The Morgan fingerprint density at radius 3 is 2.51 bits per heavy atom. The summed E-state index contributed by atoms with van der Waals surface area (Å²) in [5, 5.41) is 3.14. The van der Waals surface area contributed by atoms with Gasteiger partial charge in [-0.05, 0) is 24.6 Å². The summed E-state index contributed by atoms with van der Waals surface area (Å²) in [6.07, 6.45) is -0.844. The number of aromatic nitrogens is 4. The standard InChI is InChI=1S/C26H27F3N6O2/c1-18-13-35(17-30-18)22-10-9-20(11-23(22)36-3)31-25-32-21(15-37-16-26(27,28)29)12-24(33-25)34(2)14-19-7-5-4-6-8-19/h4-13,17H,14-16H2,1-3H3,(H,31,32,33). The van der Waals surface area contributed by atoms with Crippen LogP contribution in [0.15, 0.2) is 67.1 Å². The van der Waals surface area contributed by atoms with Gasteiger partial charge in [-0.15, -0.1) is 0 Å². The molecule has 11 heteroatoms. The molecule has 0 aliphatic heterocycles. The zero-order valence-electron chi connectivity index (χ0n) is 20.7. The second-order valence-corrected chi connectivity index (χ2v) is 8.42. The van der Waals surface area contributed by atoms with Crippen LogP contribution in [0.1, 0.15) is 17.0 Å². The van der Waals surface area contributed by atoms with Gasteiger partial charge in [-0.2, -0.15) is 18.2 Å².